The molecule has 0 saturated carbocycles. The summed E-state index contributed by atoms with van der Waals surface area (Å²) in [6.45, 7) is 5.11. The van der Waals surface area contributed by atoms with E-state index in [1.807, 2.05) is 87.4 Å². The molecule has 1 aliphatic rings. The SMILES string of the molecule is CC(C)C(=O)N(CCN(C)C)c1ccc(N=C(c2ccccc2)C2C(=O)Nc3cc(F)ccc32)cc1. The summed E-state index contributed by atoms with van der Waals surface area (Å²) in [5.74, 6) is -1.38. The molecule has 2 amide bonds. The van der Waals surface area contributed by atoms with E-state index < -0.39 is 11.7 Å². The van der Waals surface area contributed by atoms with Crippen molar-refractivity contribution in [2.75, 3.05) is 37.4 Å². The minimum Gasteiger partial charge on any atom is -0.325 e. The number of nitrogens with one attached hydrogen (secondary N) is 1. The second kappa shape index (κ2) is 10.8. The predicted molar refractivity (Wildman–Crippen MR) is 143 cm³/mol. The molecule has 3 aromatic rings. The fourth-order valence-corrected chi connectivity index (χ4v) is 4.24. The van der Waals surface area contributed by atoms with Crippen molar-refractivity contribution in [3.8, 4) is 0 Å². The average molecular weight is 487 g/mol. The molecule has 1 unspecified atom stereocenters. The molecule has 6 nitrogen and oxygen atoms in total. The summed E-state index contributed by atoms with van der Waals surface area (Å²) in [6, 6.07) is 21.3. The van der Waals surface area contributed by atoms with Crippen LogP contribution >= 0.6 is 0 Å². The van der Waals surface area contributed by atoms with Gasteiger partial charge in [-0.25, -0.2) is 4.39 Å². The van der Waals surface area contributed by atoms with Crippen LogP contribution in [0.2, 0.25) is 0 Å². The lowest BCUT2D eigenvalue weighted by molar-refractivity contribution is -0.121. The molecule has 36 heavy (non-hydrogen) atoms. The van der Waals surface area contributed by atoms with E-state index in [9.17, 15) is 14.0 Å². The molecule has 0 radical (unpaired) electrons. The van der Waals surface area contributed by atoms with Crippen LogP contribution in [0.5, 0.6) is 0 Å². The van der Waals surface area contributed by atoms with Crippen LogP contribution in [0.15, 0.2) is 77.8 Å². The molecular formula is C29H31FN4O2. The van der Waals surface area contributed by atoms with Crippen molar-refractivity contribution in [1.82, 2.24) is 4.90 Å². The standard InChI is InChI=1S/C29H31FN4O2/c1-19(2)29(36)34(17-16-33(3)4)23-13-11-22(12-14-23)31-27(20-8-6-5-7-9-20)26-24-15-10-21(30)18-25(24)32-28(26)35/h5-15,18-19,26H,16-17H2,1-4H3,(H,32,35). The van der Waals surface area contributed by atoms with Gasteiger partial charge in [0.1, 0.15) is 11.7 Å². The number of fused-ring (bicyclic) bond motifs is 1. The summed E-state index contributed by atoms with van der Waals surface area (Å²) < 4.78 is 13.8. The van der Waals surface area contributed by atoms with Gasteiger partial charge in [0, 0.05) is 30.4 Å². The third-order valence-electron chi connectivity index (χ3n) is 6.13. The van der Waals surface area contributed by atoms with Crippen molar-refractivity contribution in [3.05, 3.63) is 89.7 Å². The fourth-order valence-electron chi connectivity index (χ4n) is 4.24. The zero-order valence-electron chi connectivity index (χ0n) is 21.0. The highest BCUT2D eigenvalue weighted by Gasteiger charge is 2.35. The smallest absolute Gasteiger partial charge is 0.238 e. The quantitative estimate of drug-likeness (QED) is 0.443. The number of benzene rings is 3. The van der Waals surface area contributed by atoms with E-state index in [1.165, 1.54) is 12.1 Å². The molecular weight excluding hydrogens is 455 g/mol. The molecule has 4 rings (SSSR count). The van der Waals surface area contributed by atoms with Crippen LogP contribution in [0.25, 0.3) is 0 Å². The number of halogens is 1. The largest absolute Gasteiger partial charge is 0.325 e. The van der Waals surface area contributed by atoms with Gasteiger partial charge < -0.3 is 15.1 Å². The van der Waals surface area contributed by atoms with Crippen LogP contribution in [0.4, 0.5) is 21.5 Å². The Kier molecular flexibility index (Phi) is 7.60. The number of nitrogens with zero attached hydrogens (tertiary/aromatic N) is 3. The Morgan fingerprint density at radius 3 is 2.33 bits per heavy atom. The number of anilines is 2. The Balaban J connectivity index is 1.72. The van der Waals surface area contributed by atoms with Crippen LogP contribution in [0, 0.1) is 11.7 Å². The number of rotatable bonds is 8. The van der Waals surface area contributed by atoms with Crippen LogP contribution < -0.4 is 10.2 Å². The molecule has 1 atom stereocenters. The van der Waals surface area contributed by atoms with Crippen molar-refractivity contribution in [2.24, 2.45) is 10.9 Å². The molecule has 0 saturated heterocycles. The van der Waals surface area contributed by atoms with Crippen molar-refractivity contribution in [2.45, 2.75) is 19.8 Å². The molecule has 0 bridgehead atoms. The number of likely N-dealkylation sites (N-methyl/N-ethyl adjacent to an activating group) is 1. The summed E-state index contributed by atoms with van der Waals surface area (Å²) >= 11 is 0. The van der Waals surface area contributed by atoms with E-state index in [2.05, 4.69) is 5.32 Å². The summed E-state index contributed by atoms with van der Waals surface area (Å²) in [4.78, 5) is 34.6. The van der Waals surface area contributed by atoms with E-state index in [0.29, 0.717) is 29.2 Å². The lowest BCUT2D eigenvalue weighted by Crippen LogP contribution is -2.39. The number of carbonyl (C=O) groups is 2. The van der Waals surface area contributed by atoms with E-state index in [0.717, 1.165) is 17.8 Å². The highest BCUT2D eigenvalue weighted by Crippen LogP contribution is 2.37. The summed E-state index contributed by atoms with van der Waals surface area (Å²) in [7, 11) is 3.96. The predicted octanol–water partition coefficient (Wildman–Crippen LogP) is 5.23. The third-order valence-corrected chi connectivity index (χ3v) is 6.13. The van der Waals surface area contributed by atoms with Crippen LogP contribution in [-0.2, 0) is 9.59 Å². The number of hydrogen-bond donors (Lipinski definition) is 1. The number of aliphatic imine (C=N–C) groups is 1. The van der Waals surface area contributed by atoms with Crippen LogP contribution in [0.1, 0.15) is 30.9 Å². The van der Waals surface area contributed by atoms with Gasteiger partial charge >= 0.3 is 0 Å². The minimum atomic E-state index is -0.665. The van der Waals surface area contributed by atoms with Crippen molar-refractivity contribution >= 4 is 34.6 Å². The monoisotopic (exact) mass is 486 g/mol. The van der Waals surface area contributed by atoms with Crippen LogP contribution in [-0.4, -0.2) is 49.6 Å². The lowest BCUT2D eigenvalue weighted by Gasteiger charge is -2.26. The van der Waals surface area contributed by atoms with E-state index >= 15 is 0 Å². The maximum absolute atomic E-state index is 13.8. The van der Waals surface area contributed by atoms with Crippen LogP contribution in [0.3, 0.4) is 0 Å². The maximum Gasteiger partial charge on any atom is 0.238 e. The van der Waals surface area contributed by atoms with Gasteiger partial charge in [0.15, 0.2) is 0 Å². The van der Waals surface area contributed by atoms with Gasteiger partial charge in [0.05, 0.1) is 11.4 Å². The minimum absolute atomic E-state index is 0.0598. The Labute approximate surface area is 211 Å². The summed E-state index contributed by atoms with van der Waals surface area (Å²) in [5.41, 5.74) is 4.00. The average Bonchev–Trinajstić information content (AvgIpc) is 3.18. The molecule has 1 N–H and O–H groups in total. The third kappa shape index (κ3) is 5.52. The van der Waals surface area contributed by atoms with Gasteiger partial charge in [0.2, 0.25) is 11.8 Å². The molecule has 1 aliphatic heterocycles. The van der Waals surface area contributed by atoms with E-state index in [1.54, 1.807) is 11.0 Å². The molecule has 1 heterocycles. The number of carbonyl (C=O) groups excluding carboxylic acids is 2. The van der Waals surface area contributed by atoms with Crippen molar-refractivity contribution < 1.29 is 14.0 Å². The van der Waals surface area contributed by atoms with Gasteiger partial charge in [-0.2, -0.15) is 0 Å². The van der Waals surface area contributed by atoms with E-state index in [4.69, 9.17) is 4.99 Å². The van der Waals surface area contributed by atoms with Gasteiger partial charge in [0.25, 0.3) is 0 Å². The summed E-state index contributed by atoms with van der Waals surface area (Å²) in [6.07, 6.45) is 0. The van der Waals surface area contributed by atoms with Gasteiger partial charge in [-0.15, -0.1) is 0 Å². The number of hydrogen-bond acceptors (Lipinski definition) is 4. The van der Waals surface area contributed by atoms with Gasteiger partial charge in [-0.3, -0.25) is 14.6 Å². The zero-order valence-corrected chi connectivity index (χ0v) is 21.0. The molecule has 0 aliphatic carbocycles. The first-order valence-corrected chi connectivity index (χ1v) is 12.0. The molecule has 7 heteroatoms. The Morgan fingerprint density at radius 2 is 1.69 bits per heavy atom. The Morgan fingerprint density at radius 1 is 1.00 bits per heavy atom. The molecule has 0 aromatic heterocycles. The summed E-state index contributed by atoms with van der Waals surface area (Å²) in [5, 5.41) is 2.79. The number of amides is 2. The maximum atomic E-state index is 13.8. The lowest BCUT2D eigenvalue weighted by atomic mass is 9.90. The Hall–Kier alpha value is -3.84. The first-order valence-electron chi connectivity index (χ1n) is 12.0. The fraction of sp³-hybridized carbons (Fsp3) is 0.276. The molecule has 186 valence electrons. The Bertz CT molecular complexity index is 1270. The zero-order chi connectivity index (χ0) is 25.8. The highest BCUT2D eigenvalue weighted by molar-refractivity contribution is 6.24. The van der Waals surface area contributed by atoms with Crippen molar-refractivity contribution in [1.29, 1.82) is 0 Å². The van der Waals surface area contributed by atoms with Crippen molar-refractivity contribution in [3.63, 3.8) is 0 Å². The topological polar surface area (TPSA) is 65.0 Å². The first kappa shape index (κ1) is 25.3. The molecule has 3 aromatic carbocycles. The second-order valence-electron chi connectivity index (χ2n) is 9.48. The van der Waals surface area contributed by atoms with Gasteiger partial charge in [-0.05, 0) is 61.6 Å². The highest BCUT2D eigenvalue weighted by atomic mass is 19.1. The molecule has 0 spiro atoms. The first-order chi connectivity index (χ1) is 17.2. The second-order valence-corrected chi connectivity index (χ2v) is 9.48. The normalized spacial score (nSPS) is 15.2. The van der Waals surface area contributed by atoms with Gasteiger partial charge in [-0.1, -0.05) is 50.2 Å². The molecule has 0 fully saturated rings. The van der Waals surface area contributed by atoms with E-state index in [-0.39, 0.29) is 17.7 Å².